The van der Waals surface area contributed by atoms with Gasteiger partial charge in [-0.1, -0.05) is 29.8 Å². The van der Waals surface area contributed by atoms with E-state index in [1.54, 1.807) is 0 Å². The minimum absolute atomic E-state index is 0.0908. The molecular weight excluding hydrogens is 236 g/mol. The summed E-state index contributed by atoms with van der Waals surface area (Å²) in [6, 6.07) is 11.7. The van der Waals surface area contributed by atoms with E-state index >= 15 is 0 Å². The average Bonchev–Trinajstić information content (AvgIpc) is 2.38. The summed E-state index contributed by atoms with van der Waals surface area (Å²) in [6.07, 6.45) is 0.348. The van der Waals surface area contributed by atoms with Crippen molar-refractivity contribution in [1.82, 2.24) is 4.98 Å². The number of aliphatic imine (C=N–C) groups is 1. The van der Waals surface area contributed by atoms with E-state index in [0.29, 0.717) is 17.8 Å². The van der Waals surface area contributed by atoms with Crippen molar-refractivity contribution in [2.75, 3.05) is 0 Å². The number of pyridine rings is 1. The first-order chi connectivity index (χ1) is 9.13. The first-order valence-electron chi connectivity index (χ1n) is 6.29. The Morgan fingerprint density at radius 2 is 1.74 bits per heavy atom. The molecule has 2 aromatic rings. The van der Waals surface area contributed by atoms with Crippen molar-refractivity contribution < 1.29 is 4.79 Å². The standard InChI is InChI=1S/C16H14N2O/c1-10-3-6-12(7-4-10)14-9-15(19)13-8-5-11(2)17-16(13)18-14/h3-8H,9H2,1-2H3. The third-order valence-electron chi connectivity index (χ3n) is 3.27. The molecule has 0 saturated heterocycles. The molecule has 0 aliphatic carbocycles. The maximum absolute atomic E-state index is 12.1. The van der Waals surface area contributed by atoms with Crippen molar-refractivity contribution in [3.8, 4) is 0 Å². The normalized spacial score (nSPS) is 14.0. The van der Waals surface area contributed by atoms with Gasteiger partial charge in [0.05, 0.1) is 17.7 Å². The lowest BCUT2D eigenvalue weighted by molar-refractivity contribution is 0.0999. The van der Waals surface area contributed by atoms with Gasteiger partial charge in [-0.3, -0.25) is 4.79 Å². The van der Waals surface area contributed by atoms with Gasteiger partial charge in [-0.05, 0) is 31.5 Å². The van der Waals surface area contributed by atoms with E-state index in [4.69, 9.17) is 0 Å². The van der Waals surface area contributed by atoms with Crippen LogP contribution in [0.15, 0.2) is 41.4 Å². The zero-order chi connectivity index (χ0) is 13.4. The van der Waals surface area contributed by atoms with Crippen molar-refractivity contribution in [2.45, 2.75) is 20.3 Å². The van der Waals surface area contributed by atoms with Crippen LogP contribution in [0.25, 0.3) is 0 Å². The van der Waals surface area contributed by atoms with E-state index in [9.17, 15) is 4.79 Å². The van der Waals surface area contributed by atoms with Crippen molar-refractivity contribution in [3.63, 3.8) is 0 Å². The van der Waals surface area contributed by atoms with E-state index in [1.165, 1.54) is 5.56 Å². The maximum Gasteiger partial charge on any atom is 0.172 e. The molecule has 3 rings (SSSR count). The second-order valence-corrected chi connectivity index (χ2v) is 4.85. The van der Waals surface area contributed by atoms with Crippen LogP contribution in [0.4, 0.5) is 5.82 Å². The third-order valence-corrected chi connectivity index (χ3v) is 3.27. The zero-order valence-electron chi connectivity index (χ0n) is 11.0. The van der Waals surface area contributed by atoms with E-state index in [1.807, 2.05) is 50.2 Å². The van der Waals surface area contributed by atoms with Crippen LogP contribution in [0.2, 0.25) is 0 Å². The van der Waals surface area contributed by atoms with Gasteiger partial charge >= 0.3 is 0 Å². The molecule has 1 aromatic carbocycles. The maximum atomic E-state index is 12.1. The minimum atomic E-state index is 0.0908. The van der Waals surface area contributed by atoms with Gasteiger partial charge in [-0.25, -0.2) is 9.98 Å². The molecule has 3 heteroatoms. The molecule has 1 aliphatic heterocycles. The van der Waals surface area contributed by atoms with E-state index in [-0.39, 0.29) is 5.78 Å². The first-order valence-corrected chi connectivity index (χ1v) is 6.29. The average molecular weight is 250 g/mol. The Morgan fingerprint density at radius 3 is 2.47 bits per heavy atom. The van der Waals surface area contributed by atoms with Gasteiger partial charge in [0, 0.05) is 5.69 Å². The molecule has 94 valence electrons. The second kappa shape index (κ2) is 4.43. The van der Waals surface area contributed by atoms with Gasteiger partial charge in [0.1, 0.15) is 0 Å². The second-order valence-electron chi connectivity index (χ2n) is 4.85. The molecule has 19 heavy (non-hydrogen) atoms. The summed E-state index contributed by atoms with van der Waals surface area (Å²) < 4.78 is 0. The monoisotopic (exact) mass is 250 g/mol. The summed E-state index contributed by atoms with van der Waals surface area (Å²) in [4.78, 5) is 21.0. The summed E-state index contributed by atoms with van der Waals surface area (Å²) in [5.74, 6) is 0.639. The van der Waals surface area contributed by atoms with Crippen LogP contribution < -0.4 is 0 Å². The van der Waals surface area contributed by atoms with Crippen LogP contribution in [0, 0.1) is 13.8 Å². The fourth-order valence-corrected chi connectivity index (χ4v) is 2.17. The SMILES string of the molecule is Cc1ccc(C2=Nc3nc(C)ccc3C(=O)C2)cc1. The highest BCUT2D eigenvalue weighted by molar-refractivity contribution is 6.20. The molecule has 2 heterocycles. The Balaban J connectivity index is 2.09. The predicted octanol–water partition coefficient (Wildman–Crippen LogP) is 3.41. The molecule has 1 aromatic heterocycles. The smallest absolute Gasteiger partial charge is 0.172 e. The number of nitrogens with zero attached hydrogens (tertiary/aromatic N) is 2. The summed E-state index contributed by atoms with van der Waals surface area (Å²) in [5, 5.41) is 0. The zero-order valence-corrected chi connectivity index (χ0v) is 11.0. The van der Waals surface area contributed by atoms with Crippen molar-refractivity contribution >= 4 is 17.3 Å². The van der Waals surface area contributed by atoms with Crippen LogP contribution in [0.5, 0.6) is 0 Å². The lowest BCUT2D eigenvalue weighted by Crippen LogP contribution is -2.15. The molecule has 0 spiro atoms. The van der Waals surface area contributed by atoms with E-state index in [2.05, 4.69) is 9.98 Å². The molecule has 0 amide bonds. The number of ketones is 1. The molecule has 3 nitrogen and oxygen atoms in total. The summed E-state index contributed by atoms with van der Waals surface area (Å²) in [7, 11) is 0. The largest absolute Gasteiger partial charge is 0.294 e. The fraction of sp³-hybridized carbons (Fsp3) is 0.188. The number of benzene rings is 1. The Labute approximate surface area is 112 Å². The van der Waals surface area contributed by atoms with Crippen LogP contribution in [0.1, 0.15) is 33.6 Å². The van der Waals surface area contributed by atoms with Crippen LogP contribution in [0.3, 0.4) is 0 Å². The van der Waals surface area contributed by atoms with Gasteiger partial charge in [-0.2, -0.15) is 0 Å². The molecule has 0 bridgehead atoms. The Hall–Kier alpha value is -2.29. The van der Waals surface area contributed by atoms with Crippen LogP contribution >= 0.6 is 0 Å². The Bertz CT molecular complexity index is 684. The first kappa shape index (κ1) is 11.8. The number of rotatable bonds is 1. The van der Waals surface area contributed by atoms with Gasteiger partial charge < -0.3 is 0 Å². The molecule has 0 N–H and O–H groups in total. The van der Waals surface area contributed by atoms with Crippen molar-refractivity contribution in [3.05, 3.63) is 58.8 Å². The quantitative estimate of drug-likeness (QED) is 0.778. The summed E-state index contributed by atoms with van der Waals surface area (Å²) >= 11 is 0. The number of fused-ring (bicyclic) bond motifs is 1. The molecule has 0 saturated carbocycles. The Morgan fingerprint density at radius 1 is 1.00 bits per heavy atom. The molecule has 1 aliphatic rings. The molecular formula is C16H14N2O. The molecule has 0 radical (unpaired) electrons. The highest BCUT2D eigenvalue weighted by Gasteiger charge is 2.21. The molecule has 0 fully saturated rings. The highest BCUT2D eigenvalue weighted by Crippen LogP contribution is 2.26. The molecule has 0 unspecified atom stereocenters. The topological polar surface area (TPSA) is 42.3 Å². The van der Waals surface area contributed by atoms with Gasteiger partial charge in [0.2, 0.25) is 0 Å². The summed E-state index contributed by atoms with van der Waals surface area (Å²) in [5.41, 5.74) is 4.49. The van der Waals surface area contributed by atoms with Crippen molar-refractivity contribution in [2.24, 2.45) is 4.99 Å². The lowest BCUT2D eigenvalue weighted by Gasteiger charge is -2.14. The van der Waals surface area contributed by atoms with E-state index in [0.717, 1.165) is 17.0 Å². The number of carbonyl (C=O) groups is 1. The summed E-state index contributed by atoms with van der Waals surface area (Å²) in [6.45, 7) is 3.94. The number of Topliss-reactive ketones (excluding diaryl/α,β-unsaturated/α-hetero) is 1. The lowest BCUT2D eigenvalue weighted by atomic mass is 9.97. The Kier molecular flexibility index (Phi) is 2.75. The number of carbonyl (C=O) groups excluding carboxylic acids is 1. The van der Waals surface area contributed by atoms with Crippen molar-refractivity contribution in [1.29, 1.82) is 0 Å². The van der Waals surface area contributed by atoms with Gasteiger partial charge in [-0.15, -0.1) is 0 Å². The highest BCUT2D eigenvalue weighted by atomic mass is 16.1. The van der Waals surface area contributed by atoms with Gasteiger partial charge in [0.15, 0.2) is 11.6 Å². The van der Waals surface area contributed by atoms with Crippen LogP contribution in [-0.4, -0.2) is 16.5 Å². The predicted molar refractivity (Wildman–Crippen MR) is 75.3 cm³/mol. The fourth-order valence-electron chi connectivity index (χ4n) is 2.17. The van der Waals surface area contributed by atoms with Gasteiger partial charge in [0.25, 0.3) is 0 Å². The number of hydrogen-bond donors (Lipinski definition) is 0. The van der Waals surface area contributed by atoms with E-state index < -0.39 is 0 Å². The number of aromatic nitrogens is 1. The number of hydrogen-bond acceptors (Lipinski definition) is 3. The molecule has 0 atom stereocenters. The third kappa shape index (κ3) is 2.19. The van der Waals surface area contributed by atoms with Crippen LogP contribution in [-0.2, 0) is 0 Å². The minimum Gasteiger partial charge on any atom is -0.294 e. The number of aryl methyl sites for hydroxylation is 2.